The van der Waals surface area contributed by atoms with Crippen LogP contribution >= 0.6 is 0 Å². The Bertz CT molecular complexity index is 208. The zero-order chi connectivity index (χ0) is 9.26. The molecule has 1 amide bonds. The van der Waals surface area contributed by atoms with Crippen molar-refractivity contribution in [3.05, 3.63) is 0 Å². The average molecular weight is 184 g/mol. The van der Waals surface area contributed by atoms with Crippen LogP contribution in [0.4, 0.5) is 4.79 Å². The molecule has 0 unspecified atom stereocenters. The number of carbonyl (C=O) groups is 1. The Morgan fingerprint density at radius 1 is 1.46 bits per heavy atom. The van der Waals surface area contributed by atoms with Gasteiger partial charge in [-0.05, 0) is 26.4 Å². The topological polar surface area (TPSA) is 32.8 Å². The van der Waals surface area contributed by atoms with Crippen molar-refractivity contribution in [1.82, 2.24) is 9.80 Å². The van der Waals surface area contributed by atoms with Gasteiger partial charge in [0.25, 0.3) is 0 Å². The van der Waals surface area contributed by atoms with E-state index in [2.05, 4.69) is 11.9 Å². The van der Waals surface area contributed by atoms with Gasteiger partial charge in [0, 0.05) is 12.6 Å². The van der Waals surface area contributed by atoms with Crippen LogP contribution in [0.2, 0.25) is 0 Å². The molecule has 0 aromatic carbocycles. The lowest BCUT2D eigenvalue weighted by Crippen LogP contribution is -2.46. The van der Waals surface area contributed by atoms with Crippen molar-refractivity contribution >= 4 is 6.09 Å². The van der Waals surface area contributed by atoms with E-state index in [1.807, 2.05) is 4.90 Å². The van der Waals surface area contributed by atoms with Gasteiger partial charge in [-0.1, -0.05) is 0 Å². The third-order valence-corrected chi connectivity index (χ3v) is 2.83. The molecule has 0 aliphatic carbocycles. The summed E-state index contributed by atoms with van der Waals surface area (Å²) in [5.74, 6) is 0. The highest BCUT2D eigenvalue weighted by Gasteiger charge is 2.31. The van der Waals surface area contributed by atoms with Crippen LogP contribution in [-0.4, -0.2) is 55.2 Å². The molecule has 0 bridgehead atoms. The lowest BCUT2D eigenvalue weighted by atomic mass is 10.1. The molecular weight excluding hydrogens is 168 g/mol. The highest BCUT2D eigenvalue weighted by atomic mass is 16.6. The Hall–Kier alpha value is -0.770. The molecule has 2 fully saturated rings. The zero-order valence-electron chi connectivity index (χ0n) is 8.03. The summed E-state index contributed by atoms with van der Waals surface area (Å²) in [6.45, 7) is 3.49. The highest BCUT2D eigenvalue weighted by Crippen LogP contribution is 2.17. The summed E-state index contributed by atoms with van der Waals surface area (Å²) >= 11 is 0. The summed E-state index contributed by atoms with van der Waals surface area (Å²) in [5, 5.41) is 0. The van der Waals surface area contributed by atoms with Gasteiger partial charge in [0.2, 0.25) is 0 Å². The molecule has 0 aromatic rings. The highest BCUT2D eigenvalue weighted by molar-refractivity contribution is 5.69. The molecule has 0 spiro atoms. The van der Waals surface area contributed by atoms with Crippen molar-refractivity contribution in [2.75, 3.05) is 33.3 Å². The number of cyclic esters (lactones) is 1. The predicted octanol–water partition coefficient (Wildman–Crippen LogP) is 0.533. The molecular formula is C9H16N2O2. The van der Waals surface area contributed by atoms with Crippen molar-refractivity contribution in [2.45, 2.75) is 18.9 Å². The monoisotopic (exact) mass is 184 g/mol. The van der Waals surface area contributed by atoms with Gasteiger partial charge in [-0.15, -0.1) is 0 Å². The minimum absolute atomic E-state index is 0.125. The number of carbonyl (C=O) groups excluding carboxylic acids is 1. The molecule has 0 saturated carbocycles. The third-order valence-electron chi connectivity index (χ3n) is 2.83. The second-order valence-electron chi connectivity index (χ2n) is 3.87. The maximum atomic E-state index is 11.3. The Morgan fingerprint density at radius 3 is 2.92 bits per heavy atom. The largest absolute Gasteiger partial charge is 0.448 e. The van der Waals surface area contributed by atoms with E-state index in [0.29, 0.717) is 12.6 Å². The molecule has 2 saturated heterocycles. The van der Waals surface area contributed by atoms with Crippen molar-refractivity contribution in [3.63, 3.8) is 0 Å². The van der Waals surface area contributed by atoms with Crippen LogP contribution in [-0.2, 0) is 4.74 Å². The lowest BCUT2D eigenvalue weighted by Gasteiger charge is -2.34. The Kier molecular flexibility index (Phi) is 2.40. The second-order valence-corrected chi connectivity index (χ2v) is 3.87. The fourth-order valence-corrected chi connectivity index (χ4v) is 2.13. The van der Waals surface area contributed by atoms with Gasteiger partial charge in [-0.25, -0.2) is 4.79 Å². The fourth-order valence-electron chi connectivity index (χ4n) is 2.13. The number of hydrogen-bond acceptors (Lipinski definition) is 3. The molecule has 13 heavy (non-hydrogen) atoms. The number of piperidine rings is 1. The standard InChI is InChI=1S/C9H16N2O2/c1-10-4-2-3-8(7-10)11-5-6-13-9(11)12/h8H,2-7H2,1H3/t8-/m1/s1. The Morgan fingerprint density at radius 2 is 2.31 bits per heavy atom. The van der Waals surface area contributed by atoms with E-state index < -0.39 is 0 Å². The van der Waals surface area contributed by atoms with Gasteiger partial charge in [0.1, 0.15) is 6.61 Å². The lowest BCUT2D eigenvalue weighted by molar-refractivity contribution is 0.120. The van der Waals surface area contributed by atoms with E-state index in [9.17, 15) is 4.79 Å². The SMILES string of the molecule is CN1CCC[C@@H](N2CCOC2=O)C1. The van der Waals surface area contributed by atoms with Gasteiger partial charge < -0.3 is 14.5 Å². The maximum absolute atomic E-state index is 11.3. The third kappa shape index (κ3) is 1.77. The molecule has 4 heteroatoms. The first-order valence-corrected chi connectivity index (χ1v) is 4.89. The second kappa shape index (κ2) is 3.54. The summed E-state index contributed by atoms with van der Waals surface area (Å²) in [7, 11) is 2.10. The number of rotatable bonds is 1. The summed E-state index contributed by atoms with van der Waals surface area (Å²) in [5.41, 5.74) is 0. The smallest absolute Gasteiger partial charge is 0.410 e. The van der Waals surface area contributed by atoms with Gasteiger partial charge >= 0.3 is 6.09 Å². The molecule has 74 valence electrons. The van der Waals surface area contributed by atoms with Gasteiger partial charge in [0.15, 0.2) is 0 Å². The van der Waals surface area contributed by atoms with Crippen LogP contribution in [0, 0.1) is 0 Å². The van der Waals surface area contributed by atoms with Crippen LogP contribution < -0.4 is 0 Å². The summed E-state index contributed by atoms with van der Waals surface area (Å²) in [6, 6.07) is 0.383. The molecule has 2 heterocycles. The Balaban J connectivity index is 1.95. The molecule has 2 rings (SSSR count). The molecule has 1 atom stereocenters. The zero-order valence-corrected chi connectivity index (χ0v) is 8.03. The van der Waals surface area contributed by atoms with E-state index in [0.717, 1.165) is 26.1 Å². The van der Waals surface area contributed by atoms with Crippen LogP contribution in [0.15, 0.2) is 0 Å². The van der Waals surface area contributed by atoms with E-state index in [1.54, 1.807) is 0 Å². The number of hydrogen-bond donors (Lipinski definition) is 0. The van der Waals surface area contributed by atoms with E-state index in [4.69, 9.17) is 4.74 Å². The van der Waals surface area contributed by atoms with Crippen molar-refractivity contribution in [1.29, 1.82) is 0 Å². The number of likely N-dealkylation sites (N-methyl/N-ethyl adjacent to an activating group) is 1. The van der Waals surface area contributed by atoms with Gasteiger partial charge in [0.05, 0.1) is 6.54 Å². The van der Waals surface area contributed by atoms with Crippen molar-refractivity contribution < 1.29 is 9.53 Å². The predicted molar refractivity (Wildman–Crippen MR) is 48.6 cm³/mol. The summed E-state index contributed by atoms with van der Waals surface area (Å²) in [4.78, 5) is 15.4. The first-order valence-electron chi connectivity index (χ1n) is 4.89. The maximum Gasteiger partial charge on any atom is 0.410 e. The van der Waals surface area contributed by atoms with E-state index in [-0.39, 0.29) is 6.09 Å². The quantitative estimate of drug-likeness (QED) is 0.596. The first kappa shape index (κ1) is 8.81. The minimum Gasteiger partial charge on any atom is -0.448 e. The summed E-state index contributed by atoms with van der Waals surface area (Å²) in [6.07, 6.45) is 2.19. The van der Waals surface area contributed by atoms with Crippen molar-refractivity contribution in [2.24, 2.45) is 0 Å². The molecule has 0 N–H and O–H groups in total. The average Bonchev–Trinajstić information content (AvgIpc) is 2.51. The molecule has 2 aliphatic heterocycles. The van der Waals surface area contributed by atoms with E-state index in [1.165, 1.54) is 6.42 Å². The Labute approximate surface area is 78.4 Å². The van der Waals surface area contributed by atoms with E-state index >= 15 is 0 Å². The molecule has 2 aliphatic rings. The fraction of sp³-hybridized carbons (Fsp3) is 0.889. The number of amides is 1. The summed E-state index contributed by atoms with van der Waals surface area (Å²) < 4.78 is 4.92. The number of nitrogens with zero attached hydrogens (tertiary/aromatic N) is 2. The van der Waals surface area contributed by atoms with Crippen LogP contribution in [0.1, 0.15) is 12.8 Å². The number of likely N-dealkylation sites (tertiary alicyclic amines) is 1. The number of ether oxygens (including phenoxy) is 1. The van der Waals surface area contributed by atoms with Gasteiger partial charge in [-0.2, -0.15) is 0 Å². The van der Waals surface area contributed by atoms with Gasteiger partial charge in [-0.3, -0.25) is 0 Å². The van der Waals surface area contributed by atoms with Crippen molar-refractivity contribution in [3.8, 4) is 0 Å². The van der Waals surface area contributed by atoms with Crippen LogP contribution in [0.5, 0.6) is 0 Å². The van der Waals surface area contributed by atoms with Crippen LogP contribution in [0.3, 0.4) is 0 Å². The molecule has 0 aromatic heterocycles. The molecule has 0 radical (unpaired) electrons. The molecule has 4 nitrogen and oxygen atoms in total. The minimum atomic E-state index is -0.125. The van der Waals surface area contributed by atoms with Crippen LogP contribution in [0.25, 0.3) is 0 Å². The first-order chi connectivity index (χ1) is 6.27. The normalized spacial score (nSPS) is 30.7.